The lowest BCUT2D eigenvalue weighted by Crippen LogP contribution is -2.09. The van der Waals surface area contributed by atoms with Crippen LogP contribution in [0.1, 0.15) is 13.3 Å². The third kappa shape index (κ3) is 4.00. The van der Waals surface area contributed by atoms with Gasteiger partial charge in [0.25, 0.3) is 0 Å². The molecular formula is C15H15ClN2O. The molecule has 0 saturated carbocycles. The van der Waals surface area contributed by atoms with Crippen molar-refractivity contribution < 1.29 is 4.79 Å². The minimum absolute atomic E-state index is 0.00977. The summed E-state index contributed by atoms with van der Waals surface area (Å²) in [6, 6.07) is 15.1. The molecule has 0 unspecified atom stereocenters. The van der Waals surface area contributed by atoms with Gasteiger partial charge in [0.15, 0.2) is 0 Å². The van der Waals surface area contributed by atoms with E-state index < -0.39 is 0 Å². The zero-order valence-electron chi connectivity index (χ0n) is 10.6. The van der Waals surface area contributed by atoms with Gasteiger partial charge in [0.1, 0.15) is 0 Å². The average Bonchev–Trinajstić information content (AvgIpc) is 2.41. The van der Waals surface area contributed by atoms with Gasteiger partial charge in [-0.3, -0.25) is 4.79 Å². The summed E-state index contributed by atoms with van der Waals surface area (Å²) in [7, 11) is 0. The Morgan fingerprint density at radius 3 is 2.37 bits per heavy atom. The Bertz CT molecular complexity index is 567. The molecule has 2 rings (SSSR count). The van der Waals surface area contributed by atoms with Crippen molar-refractivity contribution in [1.29, 1.82) is 0 Å². The Morgan fingerprint density at radius 2 is 1.74 bits per heavy atom. The van der Waals surface area contributed by atoms with Crippen molar-refractivity contribution in [1.82, 2.24) is 0 Å². The second-order valence-electron chi connectivity index (χ2n) is 4.11. The molecule has 0 atom stereocenters. The minimum Gasteiger partial charge on any atom is -0.355 e. The molecule has 3 nitrogen and oxygen atoms in total. The van der Waals surface area contributed by atoms with Crippen LogP contribution in [0.3, 0.4) is 0 Å². The maximum absolute atomic E-state index is 11.3. The van der Waals surface area contributed by atoms with Crippen LogP contribution in [0.25, 0.3) is 0 Å². The Balaban J connectivity index is 2.04. The Labute approximate surface area is 117 Å². The van der Waals surface area contributed by atoms with Gasteiger partial charge in [0, 0.05) is 28.5 Å². The molecule has 0 bridgehead atoms. The molecule has 19 heavy (non-hydrogen) atoms. The summed E-state index contributed by atoms with van der Waals surface area (Å²) >= 11 is 5.92. The van der Waals surface area contributed by atoms with E-state index in [9.17, 15) is 4.79 Å². The number of amides is 1. The smallest absolute Gasteiger partial charge is 0.224 e. The van der Waals surface area contributed by atoms with Crippen molar-refractivity contribution in [2.75, 3.05) is 10.6 Å². The molecule has 0 radical (unpaired) electrons. The highest BCUT2D eigenvalue weighted by atomic mass is 35.5. The van der Waals surface area contributed by atoms with Gasteiger partial charge < -0.3 is 10.6 Å². The summed E-state index contributed by atoms with van der Waals surface area (Å²) < 4.78 is 0. The first-order valence-electron chi connectivity index (χ1n) is 6.10. The molecule has 0 fully saturated rings. The summed E-state index contributed by atoms with van der Waals surface area (Å²) in [5.41, 5.74) is 2.66. The van der Waals surface area contributed by atoms with Crippen molar-refractivity contribution in [2.24, 2.45) is 0 Å². The summed E-state index contributed by atoms with van der Waals surface area (Å²) in [5, 5.41) is 6.74. The van der Waals surface area contributed by atoms with Gasteiger partial charge in [0.05, 0.1) is 0 Å². The van der Waals surface area contributed by atoms with E-state index in [-0.39, 0.29) is 5.91 Å². The van der Waals surface area contributed by atoms with Gasteiger partial charge in [-0.05, 0) is 42.5 Å². The topological polar surface area (TPSA) is 41.1 Å². The van der Waals surface area contributed by atoms with Crippen molar-refractivity contribution in [3.05, 3.63) is 53.6 Å². The normalized spacial score (nSPS) is 10.0. The molecule has 0 aliphatic rings. The van der Waals surface area contributed by atoms with Crippen LogP contribution in [0, 0.1) is 0 Å². The third-order valence-corrected chi connectivity index (χ3v) is 2.84. The van der Waals surface area contributed by atoms with Crippen LogP contribution >= 0.6 is 11.6 Å². The van der Waals surface area contributed by atoms with E-state index in [4.69, 9.17) is 11.6 Å². The zero-order valence-corrected chi connectivity index (χ0v) is 11.4. The molecular weight excluding hydrogens is 260 g/mol. The van der Waals surface area contributed by atoms with E-state index in [1.54, 1.807) is 0 Å². The largest absolute Gasteiger partial charge is 0.355 e. The molecule has 0 aromatic heterocycles. The average molecular weight is 275 g/mol. The van der Waals surface area contributed by atoms with Crippen molar-refractivity contribution in [3.63, 3.8) is 0 Å². The number of rotatable bonds is 4. The number of nitrogens with one attached hydrogen (secondary N) is 2. The minimum atomic E-state index is 0.00977. The fourth-order valence-electron chi connectivity index (χ4n) is 1.62. The molecule has 98 valence electrons. The van der Waals surface area contributed by atoms with Gasteiger partial charge in [-0.15, -0.1) is 0 Å². The summed E-state index contributed by atoms with van der Waals surface area (Å²) in [4.78, 5) is 11.3. The molecule has 2 aromatic carbocycles. The monoisotopic (exact) mass is 274 g/mol. The van der Waals surface area contributed by atoms with Gasteiger partial charge >= 0.3 is 0 Å². The maximum Gasteiger partial charge on any atom is 0.224 e. The SMILES string of the molecule is CCC(=O)Nc1ccc(Nc2cccc(Cl)c2)cc1. The van der Waals surface area contributed by atoms with E-state index >= 15 is 0 Å². The number of halogens is 1. The number of hydrogen-bond donors (Lipinski definition) is 2. The molecule has 0 aliphatic heterocycles. The Hall–Kier alpha value is -2.00. The van der Waals surface area contributed by atoms with Crippen LogP contribution in [0.5, 0.6) is 0 Å². The number of anilines is 3. The van der Waals surface area contributed by atoms with Gasteiger partial charge in [-0.25, -0.2) is 0 Å². The fourth-order valence-corrected chi connectivity index (χ4v) is 1.81. The lowest BCUT2D eigenvalue weighted by Gasteiger charge is -2.08. The highest BCUT2D eigenvalue weighted by Crippen LogP contribution is 2.21. The zero-order chi connectivity index (χ0) is 13.7. The number of benzene rings is 2. The Kier molecular flexibility index (Phi) is 4.42. The fraction of sp³-hybridized carbons (Fsp3) is 0.133. The quantitative estimate of drug-likeness (QED) is 0.866. The van der Waals surface area contributed by atoms with E-state index in [1.807, 2.05) is 55.5 Å². The van der Waals surface area contributed by atoms with Gasteiger partial charge in [-0.2, -0.15) is 0 Å². The van der Waals surface area contributed by atoms with Crippen LogP contribution < -0.4 is 10.6 Å². The second-order valence-corrected chi connectivity index (χ2v) is 4.55. The molecule has 4 heteroatoms. The summed E-state index contributed by atoms with van der Waals surface area (Å²) in [5.74, 6) is 0.00977. The molecule has 0 heterocycles. The predicted octanol–water partition coefficient (Wildman–Crippen LogP) is 4.43. The summed E-state index contributed by atoms with van der Waals surface area (Å²) in [6.07, 6.45) is 0.475. The molecule has 2 aromatic rings. The molecule has 0 saturated heterocycles. The first kappa shape index (κ1) is 13.4. The van der Waals surface area contributed by atoms with Crippen LogP contribution in [-0.2, 0) is 4.79 Å². The lowest BCUT2D eigenvalue weighted by molar-refractivity contribution is -0.115. The number of hydrogen-bond acceptors (Lipinski definition) is 2. The molecule has 0 spiro atoms. The maximum atomic E-state index is 11.3. The second kappa shape index (κ2) is 6.25. The van der Waals surface area contributed by atoms with E-state index in [2.05, 4.69) is 10.6 Å². The highest BCUT2D eigenvalue weighted by molar-refractivity contribution is 6.30. The molecule has 2 N–H and O–H groups in total. The third-order valence-electron chi connectivity index (χ3n) is 2.60. The molecule has 1 amide bonds. The highest BCUT2D eigenvalue weighted by Gasteiger charge is 1.99. The van der Waals surface area contributed by atoms with Crippen LogP contribution in [0.15, 0.2) is 48.5 Å². The van der Waals surface area contributed by atoms with E-state index in [0.717, 1.165) is 17.1 Å². The summed E-state index contributed by atoms with van der Waals surface area (Å²) in [6.45, 7) is 1.82. The lowest BCUT2D eigenvalue weighted by atomic mass is 10.2. The first-order chi connectivity index (χ1) is 9.17. The van der Waals surface area contributed by atoms with Crippen LogP contribution in [0.2, 0.25) is 5.02 Å². The van der Waals surface area contributed by atoms with Crippen molar-refractivity contribution in [3.8, 4) is 0 Å². The number of carbonyl (C=O) groups excluding carboxylic acids is 1. The van der Waals surface area contributed by atoms with E-state index in [0.29, 0.717) is 11.4 Å². The van der Waals surface area contributed by atoms with Crippen LogP contribution in [0.4, 0.5) is 17.1 Å². The van der Waals surface area contributed by atoms with Crippen molar-refractivity contribution >= 4 is 34.6 Å². The van der Waals surface area contributed by atoms with Gasteiger partial charge in [0.2, 0.25) is 5.91 Å². The molecule has 0 aliphatic carbocycles. The van der Waals surface area contributed by atoms with Crippen molar-refractivity contribution in [2.45, 2.75) is 13.3 Å². The Morgan fingerprint density at radius 1 is 1.05 bits per heavy atom. The number of carbonyl (C=O) groups is 1. The van der Waals surface area contributed by atoms with Gasteiger partial charge in [-0.1, -0.05) is 24.6 Å². The van der Waals surface area contributed by atoms with E-state index in [1.165, 1.54) is 0 Å². The first-order valence-corrected chi connectivity index (χ1v) is 6.47. The van der Waals surface area contributed by atoms with Crippen LogP contribution in [-0.4, -0.2) is 5.91 Å². The predicted molar refractivity (Wildman–Crippen MR) is 80.1 cm³/mol. The standard InChI is InChI=1S/C15H15ClN2O/c1-2-15(19)18-13-8-6-12(7-9-13)17-14-5-3-4-11(16)10-14/h3-10,17H,2H2,1H3,(H,18,19).